The van der Waals surface area contributed by atoms with Gasteiger partial charge >= 0.3 is 25.6 Å². The largest absolute Gasteiger partial charge is 0.481 e. The molecule has 0 atom stereocenters. The first-order valence-electron chi connectivity index (χ1n) is 3.76. The fourth-order valence-electron chi connectivity index (χ4n) is 0.990. The van der Waals surface area contributed by atoms with Gasteiger partial charge in [0.2, 0.25) is 0 Å². The van der Waals surface area contributed by atoms with Crippen LogP contribution in [0.15, 0.2) is 0 Å². The molecule has 9 heteroatoms. The molecule has 4 N–H and O–H groups in total. The summed E-state index contributed by atoms with van der Waals surface area (Å²) in [7, 11) is -1.08. The van der Waals surface area contributed by atoms with Crippen LogP contribution in [-0.4, -0.2) is 51.5 Å². The van der Waals surface area contributed by atoms with E-state index in [0.29, 0.717) is 0 Å². The van der Waals surface area contributed by atoms with Gasteiger partial charge in [0.15, 0.2) is 5.60 Å². The zero-order valence-electron chi connectivity index (χ0n) is 7.54. The van der Waals surface area contributed by atoms with E-state index in [9.17, 15) is 14.4 Å². The van der Waals surface area contributed by atoms with E-state index in [0.717, 1.165) is 0 Å². The zero-order chi connectivity index (χ0) is 12.1. The molecule has 0 aromatic heterocycles. The highest BCUT2D eigenvalue weighted by atomic mass is 16.5. The van der Waals surface area contributed by atoms with E-state index in [4.69, 9.17) is 20.3 Å². The second-order valence-corrected chi connectivity index (χ2v) is 2.71. The van der Waals surface area contributed by atoms with Gasteiger partial charge in [0.1, 0.15) is 0 Å². The van der Waals surface area contributed by atoms with Crippen LogP contribution in [0.2, 0.25) is 0 Å². The monoisotopic (exact) mass is 220 g/mol. The van der Waals surface area contributed by atoms with Crippen LogP contribution in [0.25, 0.3) is 0 Å². The molecule has 0 saturated carbocycles. The third-order valence-electron chi connectivity index (χ3n) is 1.60. The second kappa shape index (κ2) is 5.32. The normalized spacial score (nSPS) is 10.7. The summed E-state index contributed by atoms with van der Waals surface area (Å²) in [6, 6.07) is 0. The van der Waals surface area contributed by atoms with E-state index >= 15 is 0 Å². The second-order valence-electron chi connectivity index (χ2n) is 2.71. The molecule has 0 radical (unpaired) electrons. The van der Waals surface area contributed by atoms with Crippen molar-refractivity contribution in [3.05, 3.63) is 0 Å². The molecule has 0 spiro atoms. The molecular formula is C6H9BO8. The maximum Gasteiger partial charge on any atom is 0.436 e. The molecular weight excluding hydrogens is 211 g/mol. The summed E-state index contributed by atoms with van der Waals surface area (Å²) in [6.45, 7) is 0. The highest BCUT2D eigenvalue weighted by molar-refractivity contribution is 6.17. The van der Waals surface area contributed by atoms with E-state index in [1.54, 1.807) is 0 Å². The third kappa shape index (κ3) is 3.96. The van der Waals surface area contributed by atoms with Crippen LogP contribution in [0.5, 0.6) is 0 Å². The molecule has 0 amide bonds. The summed E-state index contributed by atoms with van der Waals surface area (Å²) in [5.41, 5.74) is -2.44. The van der Waals surface area contributed by atoms with Gasteiger partial charge in [0.25, 0.3) is 0 Å². The van der Waals surface area contributed by atoms with Gasteiger partial charge in [-0.05, 0) is 0 Å². The lowest BCUT2D eigenvalue weighted by molar-refractivity contribution is -0.168. The summed E-state index contributed by atoms with van der Waals surface area (Å²) in [5.74, 6) is -4.82. The summed E-state index contributed by atoms with van der Waals surface area (Å²) >= 11 is 0. The summed E-state index contributed by atoms with van der Waals surface area (Å²) in [4.78, 5) is 31.4. The van der Waals surface area contributed by atoms with Gasteiger partial charge in [0, 0.05) is 0 Å². The number of carbonyl (C=O) groups is 3. The Labute approximate surface area is 84.4 Å². The summed E-state index contributed by atoms with van der Waals surface area (Å²) in [6.07, 6.45) is -2.09. The minimum Gasteiger partial charge on any atom is -0.481 e. The molecule has 8 nitrogen and oxygen atoms in total. The van der Waals surface area contributed by atoms with Gasteiger partial charge in [-0.1, -0.05) is 0 Å². The lowest BCUT2D eigenvalue weighted by atomic mass is 9.94. The predicted molar refractivity (Wildman–Crippen MR) is 45.3 cm³/mol. The molecule has 0 bridgehead atoms. The van der Waals surface area contributed by atoms with E-state index in [1.165, 1.54) is 0 Å². The van der Waals surface area contributed by atoms with Crippen LogP contribution in [0, 0.1) is 0 Å². The molecule has 0 fully saturated rings. The lowest BCUT2D eigenvalue weighted by Crippen LogP contribution is -2.46. The van der Waals surface area contributed by atoms with Gasteiger partial charge in [-0.3, -0.25) is 9.59 Å². The van der Waals surface area contributed by atoms with Gasteiger partial charge < -0.3 is 25.0 Å². The molecule has 15 heavy (non-hydrogen) atoms. The molecule has 0 aromatic rings. The van der Waals surface area contributed by atoms with Crippen LogP contribution < -0.4 is 0 Å². The lowest BCUT2D eigenvalue weighted by Gasteiger charge is -2.25. The van der Waals surface area contributed by atoms with E-state index in [1.807, 2.05) is 0 Å². The first-order chi connectivity index (χ1) is 6.84. The number of aliphatic carboxylic acids is 3. The molecule has 0 saturated heterocycles. The number of hydrogen-bond donors (Lipinski definition) is 4. The Hall–Kier alpha value is -1.61. The number of carboxylic acid groups (broad SMARTS) is 3. The number of carboxylic acids is 3. The van der Waals surface area contributed by atoms with E-state index in [-0.39, 0.29) is 0 Å². The van der Waals surface area contributed by atoms with Crippen molar-refractivity contribution in [1.82, 2.24) is 0 Å². The van der Waals surface area contributed by atoms with Crippen molar-refractivity contribution in [3.8, 4) is 0 Å². The summed E-state index contributed by atoms with van der Waals surface area (Å²) in [5, 5.41) is 33.9. The molecule has 84 valence electrons. The van der Waals surface area contributed by atoms with Gasteiger partial charge in [-0.15, -0.1) is 0 Å². The average Bonchev–Trinajstić information content (AvgIpc) is 2.01. The molecule has 0 unspecified atom stereocenters. The average molecular weight is 220 g/mol. The maximum absolute atomic E-state index is 10.7. The van der Waals surface area contributed by atoms with Gasteiger partial charge in [-0.2, -0.15) is 0 Å². The molecule has 0 aromatic carbocycles. The van der Waals surface area contributed by atoms with Gasteiger partial charge in [-0.25, -0.2) is 4.79 Å². The summed E-state index contributed by atoms with van der Waals surface area (Å²) < 4.78 is 4.31. The first-order valence-corrected chi connectivity index (χ1v) is 3.76. The fraction of sp³-hybridized carbons (Fsp3) is 0.500. The van der Waals surface area contributed by atoms with Crippen molar-refractivity contribution >= 4 is 25.6 Å². The predicted octanol–water partition coefficient (Wildman–Crippen LogP) is -1.97. The minimum absolute atomic E-state index is 1.05. The quantitative estimate of drug-likeness (QED) is 0.362. The van der Waals surface area contributed by atoms with E-state index < -0.39 is 44.0 Å². The highest BCUT2D eigenvalue weighted by Crippen LogP contribution is 2.21. The smallest absolute Gasteiger partial charge is 0.436 e. The van der Waals surface area contributed by atoms with Crippen molar-refractivity contribution in [2.75, 3.05) is 0 Å². The number of hydrogen-bond acceptors (Lipinski definition) is 5. The topological polar surface area (TPSA) is 141 Å². The van der Waals surface area contributed by atoms with Crippen molar-refractivity contribution in [1.29, 1.82) is 0 Å². The Kier molecular flexibility index (Phi) is 4.75. The molecule has 0 aliphatic heterocycles. The van der Waals surface area contributed by atoms with Crippen LogP contribution in [0.4, 0.5) is 0 Å². The van der Waals surface area contributed by atoms with Gasteiger partial charge in [0.05, 0.1) is 12.8 Å². The van der Waals surface area contributed by atoms with Crippen molar-refractivity contribution in [3.63, 3.8) is 0 Å². The van der Waals surface area contributed by atoms with Crippen LogP contribution >= 0.6 is 0 Å². The Morgan fingerprint density at radius 3 is 1.67 bits per heavy atom. The minimum atomic E-state index is -2.44. The first kappa shape index (κ1) is 13.4. The molecule has 0 aliphatic rings. The third-order valence-corrected chi connectivity index (χ3v) is 1.60. The fourth-order valence-corrected chi connectivity index (χ4v) is 0.990. The Balaban J connectivity index is 4.96. The van der Waals surface area contributed by atoms with Crippen molar-refractivity contribution < 1.29 is 39.4 Å². The van der Waals surface area contributed by atoms with E-state index in [2.05, 4.69) is 4.65 Å². The van der Waals surface area contributed by atoms with Crippen LogP contribution in [0.1, 0.15) is 12.8 Å². The Bertz CT molecular complexity index is 258. The molecule has 0 aliphatic carbocycles. The molecule has 0 heterocycles. The Morgan fingerprint density at radius 1 is 1.07 bits per heavy atom. The SMILES string of the molecule is O=C(O)CC(CC(=O)O)(OBO)C(=O)O. The molecule has 0 rings (SSSR count). The highest BCUT2D eigenvalue weighted by Gasteiger charge is 2.44. The van der Waals surface area contributed by atoms with Crippen molar-refractivity contribution in [2.24, 2.45) is 0 Å². The maximum atomic E-state index is 10.7. The standard InChI is InChI=1S/C6H9BO8/c8-3(9)1-6(5(12)13,15-7-14)2-4(10)11/h7,14H,1-2H2,(H,8,9)(H,10,11)(H,12,13). The van der Waals surface area contributed by atoms with Crippen LogP contribution in [-0.2, 0) is 19.0 Å². The van der Waals surface area contributed by atoms with Crippen molar-refractivity contribution in [2.45, 2.75) is 18.4 Å². The Morgan fingerprint density at radius 2 is 1.47 bits per heavy atom. The number of rotatable bonds is 7. The zero-order valence-corrected chi connectivity index (χ0v) is 7.54. The van der Waals surface area contributed by atoms with Crippen LogP contribution in [0.3, 0.4) is 0 Å².